The van der Waals surface area contributed by atoms with Gasteiger partial charge in [0, 0.05) is 13.1 Å². The summed E-state index contributed by atoms with van der Waals surface area (Å²) in [6.07, 6.45) is 2.46. The second-order valence-electron chi connectivity index (χ2n) is 3.28. The molecule has 0 radical (unpaired) electrons. The van der Waals surface area contributed by atoms with Gasteiger partial charge in [-0.2, -0.15) is 0 Å². The van der Waals surface area contributed by atoms with E-state index in [1.807, 2.05) is 0 Å². The van der Waals surface area contributed by atoms with E-state index in [9.17, 15) is 0 Å². The van der Waals surface area contributed by atoms with E-state index < -0.39 is 0 Å². The van der Waals surface area contributed by atoms with Crippen LogP contribution in [0.5, 0.6) is 0 Å². The fourth-order valence-corrected chi connectivity index (χ4v) is 1.55. The molecule has 1 atom stereocenters. The molecule has 0 bridgehead atoms. The van der Waals surface area contributed by atoms with Crippen molar-refractivity contribution in [2.75, 3.05) is 20.1 Å². The van der Waals surface area contributed by atoms with Crippen LogP contribution >= 0.6 is 0 Å². The minimum Gasteiger partial charge on any atom is -0.305 e. The molecule has 0 spiro atoms. The van der Waals surface area contributed by atoms with Gasteiger partial charge in [0.05, 0.1) is 0 Å². The third kappa shape index (κ3) is 1.60. The normalized spacial score (nSPS) is 29.0. The summed E-state index contributed by atoms with van der Waals surface area (Å²) in [5, 5.41) is 0. The molecule has 0 aromatic heterocycles. The van der Waals surface area contributed by atoms with Gasteiger partial charge in [-0.3, -0.25) is 0 Å². The molecule has 1 fully saturated rings. The lowest BCUT2D eigenvalue weighted by molar-refractivity contribution is 0.254. The first kappa shape index (κ1) is 7.80. The maximum atomic E-state index is 4.07. The molecule has 1 saturated heterocycles. The van der Waals surface area contributed by atoms with Crippen molar-refractivity contribution in [1.82, 2.24) is 4.90 Å². The van der Waals surface area contributed by atoms with Crippen LogP contribution in [0.1, 0.15) is 19.8 Å². The van der Waals surface area contributed by atoms with Crippen molar-refractivity contribution >= 4 is 0 Å². The molecule has 1 aliphatic rings. The van der Waals surface area contributed by atoms with Crippen molar-refractivity contribution in [3.63, 3.8) is 0 Å². The van der Waals surface area contributed by atoms with Crippen LogP contribution in [-0.4, -0.2) is 25.0 Å². The number of hydrogen-bond acceptors (Lipinski definition) is 1. The third-order valence-electron chi connectivity index (χ3n) is 2.42. The highest BCUT2D eigenvalue weighted by atomic mass is 15.1. The van der Waals surface area contributed by atoms with Crippen molar-refractivity contribution in [3.8, 4) is 0 Å². The highest BCUT2D eigenvalue weighted by Crippen LogP contribution is 2.22. The summed E-state index contributed by atoms with van der Waals surface area (Å²) in [6.45, 7) is 8.74. The minimum absolute atomic E-state index is 0.763. The smallest absolute Gasteiger partial charge is 0.00439 e. The molecule has 58 valence electrons. The number of hydrogen-bond donors (Lipinski definition) is 0. The molecule has 1 aliphatic heterocycles. The summed E-state index contributed by atoms with van der Waals surface area (Å²) < 4.78 is 0. The first-order chi connectivity index (χ1) is 4.74. The van der Waals surface area contributed by atoms with Crippen molar-refractivity contribution in [1.29, 1.82) is 0 Å². The molecule has 0 aromatic carbocycles. The van der Waals surface area contributed by atoms with Crippen LogP contribution in [0.3, 0.4) is 0 Å². The molecule has 1 rings (SSSR count). The second-order valence-corrected chi connectivity index (χ2v) is 3.28. The fraction of sp³-hybridized carbons (Fsp3) is 0.778. The lowest BCUT2D eigenvalue weighted by Gasteiger charge is -2.30. The summed E-state index contributed by atoms with van der Waals surface area (Å²) in [5.74, 6) is 0.763. The zero-order valence-corrected chi connectivity index (χ0v) is 7.06. The van der Waals surface area contributed by atoms with Crippen LogP contribution in [0.4, 0.5) is 0 Å². The maximum absolute atomic E-state index is 4.07. The lowest BCUT2D eigenvalue weighted by atomic mass is 9.91. The van der Waals surface area contributed by atoms with Crippen LogP contribution < -0.4 is 0 Å². The highest BCUT2D eigenvalue weighted by molar-refractivity contribution is 5.04. The Morgan fingerprint density at radius 2 is 2.40 bits per heavy atom. The molecule has 10 heavy (non-hydrogen) atoms. The topological polar surface area (TPSA) is 3.24 Å². The Labute approximate surface area is 63.7 Å². The van der Waals surface area contributed by atoms with E-state index in [4.69, 9.17) is 0 Å². The van der Waals surface area contributed by atoms with Gasteiger partial charge in [-0.05, 0) is 25.8 Å². The number of nitrogens with zero attached hydrogens (tertiary/aromatic N) is 1. The zero-order chi connectivity index (χ0) is 7.56. The van der Waals surface area contributed by atoms with Gasteiger partial charge in [0.2, 0.25) is 0 Å². The van der Waals surface area contributed by atoms with Gasteiger partial charge in [0.15, 0.2) is 0 Å². The summed E-state index contributed by atoms with van der Waals surface area (Å²) in [6, 6.07) is 0. The van der Waals surface area contributed by atoms with E-state index in [1.54, 1.807) is 0 Å². The largest absolute Gasteiger partial charge is 0.305 e. The Kier molecular flexibility index (Phi) is 2.50. The number of likely N-dealkylation sites (tertiary alicyclic amines) is 1. The van der Waals surface area contributed by atoms with Gasteiger partial charge < -0.3 is 4.90 Å². The Morgan fingerprint density at radius 1 is 1.70 bits per heavy atom. The summed E-state index contributed by atoms with van der Waals surface area (Å²) >= 11 is 0. The molecule has 1 heteroatoms. The van der Waals surface area contributed by atoms with Gasteiger partial charge in [0.25, 0.3) is 0 Å². The molecule has 0 saturated carbocycles. The molecule has 1 unspecified atom stereocenters. The Morgan fingerprint density at radius 3 is 2.90 bits per heavy atom. The van der Waals surface area contributed by atoms with Crippen LogP contribution in [0.25, 0.3) is 0 Å². The van der Waals surface area contributed by atoms with E-state index in [0.29, 0.717) is 0 Å². The van der Waals surface area contributed by atoms with Crippen molar-refractivity contribution in [2.24, 2.45) is 5.92 Å². The maximum Gasteiger partial charge on any atom is 0.00439 e. The quantitative estimate of drug-likeness (QED) is 0.501. The zero-order valence-electron chi connectivity index (χ0n) is 7.06. The van der Waals surface area contributed by atoms with Gasteiger partial charge in [-0.25, -0.2) is 0 Å². The average Bonchev–Trinajstić information content (AvgIpc) is 1.94. The Bertz CT molecular complexity index is 129. The van der Waals surface area contributed by atoms with Crippen LogP contribution in [0.2, 0.25) is 0 Å². The predicted octanol–water partition coefficient (Wildman–Crippen LogP) is 1.90. The first-order valence-electron chi connectivity index (χ1n) is 4.10. The number of piperidine rings is 1. The summed E-state index contributed by atoms with van der Waals surface area (Å²) in [7, 11) is 2.19. The fourth-order valence-electron chi connectivity index (χ4n) is 1.55. The predicted molar refractivity (Wildman–Crippen MR) is 45.0 cm³/mol. The average molecular weight is 139 g/mol. The third-order valence-corrected chi connectivity index (χ3v) is 2.42. The van der Waals surface area contributed by atoms with E-state index in [1.165, 1.54) is 31.5 Å². The number of rotatable bonds is 1. The molecule has 1 heterocycles. The monoisotopic (exact) mass is 139 g/mol. The van der Waals surface area contributed by atoms with Crippen molar-refractivity contribution in [2.45, 2.75) is 19.8 Å². The van der Waals surface area contributed by atoms with Gasteiger partial charge in [-0.1, -0.05) is 19.1 Å². The Hall–Kier alpha value is -0.300. The van der Waals surface area contributed by atoms with Crippen molar-refractivity contribution in [3.05, 3.63) is 12.2 Å². The van der Waals surface area contributed by atoms with Gasteiger partial charge in [-0.15, -0.1) is 0 Å². The highest BCUT2D eigenvalue weighted by Gasteiger charge is 2.17. The van der Waals surface area contributed by atoms with E-state index >= 15 is 0 Å². The van der Waals surface area contributed by atoms with Crippen LogP contribution in [-0.2, 0) is 0 Å². The second kappa shape index (κ2) is 3.20. The summed E-state index contributed by atoms with van der Waals surface area (Å²) in [5.41, 5.74) is 1.46. The standard InChI is InChI=1S/C9H17N/c1-4-9-7-10(3)6-5-8(9)2/h9H,2,4-7H2,1,3H3. The molecular weight excluding hydrogens is 122 g/mol. The SMILES string of the molecule is C=C1CCN(C)CC1CC. The molecule has 0 N–H and O–H groups in total. The summed E-state index contributed by atoms with van der Waals surface area (Å²) in [4.78, 5) is 2.39. The van der Waals surface area contributed by atoms with E-state index in [-0.39, 0.29) is 0 Å². The molecule has 0 aliphatic carbocycles. The van der Waals surface area contributed by atoms with Crippen LogP contribution in [0.15, 0.2) is 12.2 Å². The van der Waals surface area contributed by atoms with E-state index in [2.05, 4.69) is 25.5 Å². The van der Waals surface area contributed by atoms with E-state index in [0.717, 1.165) is 5.92 Å². The van der Waals surface area contributed by atoms with Crippen molar-refractivity contribution < 1.29 is 0 Å². The molecular formula is C9H17N. The first-order valence-corrected chi connectivity index (χ1v) is 4.10. The molecule has 0 amide bonds. The Balaban J connectivity index is 2.45. The van der Waals surface area contributed by atoms with Crippen LogP contribution in [0, 0.1) is 5.92 Å². The van der Waals surface area contributed by atoms with Gasteiger partial charge in [0.1, 0.15) is 0 Å². The lowest BCUT2D eigenvalue weighted by Crippen LogP contribution is -2.32. The minimum atomic E-state index is 0.763. The van der Waals surface area contributed by atoms with Gasteiger partial charge >= 0.3 is 0 Å². The molecule has 0 aromatic rings. The molecule has 1 nitrogen and oxygen atoms in total.